The van der Waals surface area contributed by atoms with Crippen molar-refractivity contribution in [2.24, 2.45) is 0 Å². The molecular formula is C15H22N2O6S. The van der Waals surface area contributed by atoms with Gasteiger partial charge in [-0.15, -0.1) is 0 Å². The van der Waals surface area contributed by atoms with Gasteiger partial charge in [-0.25, -0.2) is 18.0 Å². The summed E-state index contributed by atoms with van der Waals surface area (Å²) in [5.74, 6) is 0. The molecule has 0 unspecified atom stereocenters. The van der Waals surface area contributed by atoms with Gasteiger partial charge in [0, 0.05) is 5.56 Å². The Balaban J connectivity index is 3.43. The number of imide groups is 1. The van der Waals surface area contributed by atoms with E-state index in [0.29, 0.717) is 12.0 Å². The van der Waals surface area contributed by atoms with Crippen molar-refractivity contribution < 1.29 is 27.5 Å². The Morgan fingerprint density at radius 1 is 1.08 bits per heavy atom. The first kappa shape index (κ1) is 19.8. The number of hydrogen-bond donors (Lipinski definition) is 1. The molecule has 1 aromatic rings. The highest BCUT2D eigenvalue weighted by atomic mass is 32.2. The Morgan fingerprint density at radius 3 is 2.04 bits per heavy atom. The van der Waals surface area contributed by atoms with Crippen LogP contribution in [-0.4, -0.2) is 40.1 Å². The summed E-state index contributed by atoms with van der Waals surface area (Å²) in [6.45, 7) is 5.17. The highest BCUT2D eigenvalue weighted by molar-refractivity contribution is 7.92. The van der Waals surface area contributed by atoms with Crippen molar-refractivity contribution in [1.82, 2.24) is 0 Å². The molecule has 0 fully saturated rings. The van der Waals surface area contributed by atoms with Crippen LogP contribution in [0, 0.1) is 0 Å². The Bertz CT molecular complexity index is 684. The monoisotopic (exact) mass is 358 g/mol. The lowest BCUT2D eigenvalue weighted by Gasteiger charge is -2.23. The van der Waals surface area contributed by atoms with Gasteiger partial charge in [-0.3, -0.25) is 4.72 Å². The number of anilines is 2. The van der Waals surface area contributed by atoms with E-state index < -0.39 is 22.2 Å². The molecule has 134 valence electrons. The summed E-state index contributed by atoms with van der Waals surface area (Å²) in [5, 5.41) is 0. The Labute approximate surface area is 141 Å². The number of hydrogen-bond acceptors (Lipinski definition) is 6. The van der Waals surface area contributed by atoms with Gasteiger partial charge in [-0.05, 0) is 32.4 Å². The lowest BCUT2D eigenvalue weighted by atomic mass is 10.1. The van der Waals surface area contributed by atoms with Gasteiger partial charge >= 0.3 is 12.2 Å². The van der Waals surface area contributed by atoms with E-state index in [1.807, 2.05) is 0 Å². The van der Waals surface area contributed by atoms with Crippen molar-refractivity contribution >= 4 is 33.6 Å². The lowest BCUT2D eigenvalue weighted by Crippen LogP contribution is -2.38. The Kier molecular flexibility index (Phi) is 7.02. The number of carbonyl (C=O) groups is 2. The zero-order valence-corrected chi connectivity index (χ0v) is 15.0. The molecule has 1 N–H and O–H groups in total. The van der Waals surface area contributed by atoms with Crippen LogP contribution in [0.2, 0.25) is 0 Å². The maximum Gasteiger partial charge on any atom is 0.424 e. The molecule has 0 heterocycles. The van der Waals surface area contributed by atoms with E-state index in [4.69, 9.17) is 9.47 Å². The molecule has 9 heteroatoms. The van der Waals surface area contributed by atoms with Crippen LogP contribution in [0.4, 0.5) is 21.0 Å². The fourth-order valence-corrected chi connectivity index (χ4v) is 2.69. The molecule has 1 rings (SSSR count). The second kappa shape index (κ2) is 8.53. The number of amides is 2. The third-order valence-corrected chi connectivity index (χ3v) is 3.53. The van der Waals surface area contributed by atoms with Gasteiger partial charge in [0.15, 0.2) is 0 Å². The molecule has 0 bridgehead atoms. The molecule has 1 aromatic carbocycles. The maximum atomic E-state index is 12.2. The number of benzene rings is 1. The van der Waals surface area contributed by atoms with Gasteiger partial charge in [0.25, 0.3) is 0 Å². The third-order valence-electron chi connectivity index (χ3n) is 2.94. The van der Waals surface area contributed by atoms with Crippen molar-refractivity contribution in [3.05, 3.63) is 23.8 Å². The summed E-state index contributed by atoms with van der Waals surface area (Å²) in [6, 6.07) is 4.62. The topological polar surface area (TPSA) is 102 Å². The molecule has 0 aliphatic rings. The van der Waals surface area contributed by atoms with Crippen molar-refractivity contribution in [2.45, 2.75) is 27.2 Å². The number of rotatable bonds is 6. The second-order valence-corrected chi connectivity index (χ2v) is 6.51. The number of nitrogens with zero attached hydrogens (tertiary/aromatic N) is 1. The van der Waals surface area contributed by atoms with Crippen LogP contribution in [0.1, 0.15) is 26.3 Å². The molecule has 0 saturated heterocycles. The highest BCUT2D eigenvalue weighted by Gasteiger charge is 2.29. The first-order chi connectivity index (χ1) is 11.2. The minimum absolute atomic E-state index is 0.0808. The van der Waals surface area contributed by atoms with E-state index in [2.05, 4.69) is 4.72 Å². The molecule has 2 amide bonds. The van der Waals surface area contributed by atoms with E-state index in [-0.39, 0.29) is 24.6 Å². The predicted octanol–water partition coefficient (Wildman–Crippen LogP) is 2.74. The molecule has 0 aromatic heterocycles. The van der Waals surface area contributed by atoms with E-state index in [1.54, 1.807) is 26.8 Å². The van der Waals surface area contributed by atoms with Crippen LogP contribution in [0.15, 0.2) is 18.2 Å². The van der Waals surface area contributed by atoms with Crippen LogP contribution < -0.4 is 9.62 Å². The van der Waals surface area contributed by atoms with Gasteiger partial charge in [-0.1, -0.05) is 13.0 Å². The van der Waals surface area contributed by atoms with Crippen LogP contribution in [0.25, 0.3) is 0 Å². The quantitative estimate of drug-likeness (QED) is 0.839. The van der Waals surface area contributed by atoms with Gasteiger partial charge < -0.3 is 9.47 Å². The molecule has 8 nitrogen and oxygen atoms in total. The first-order valence-corrected chi connectivity index (χ1v) is 9.37. The molecule has 0 aliphatic carbocycles. The summed E-state index contributed by atoms with van der Waals surface area (Å²) in [7, 11) is -3.51. The fraction of sp³-hybridized carbons (Fsp3) is 0.467. The zero-order valence-electron chi connectivity index (χ0n) is 14.2. The fourth-order valence-electron chi connectivity index (χ4n) is 2.10. The largest absolute Gasteiger partial charge is 0.449 e. The van der Waals surface area contributed by atoms with E-state index >= 15 is 0 Å². The van der Waals surface area contributed by atoms with Crippen LogP contribution in [0.3, 0.4) is 0 Å². The molecule has 0 aliphatic heterocycles. The van der Waals surface area contributed by atoms with Gasteiger partial charge in [0.2, 0.25) is 10.0 Å². The van der Waals surface area contributed by atoms with Crippen LogP contribution >= 0.6 is 0 Å². The highest BCUT2D eigenvalue weighted by Crippen LogP contribution is 2.30. The molecule has 0 atom stereocenters. The summed E-state index contributed by atoms with van der Waals surface area (Å²) >= 11 is 0. The summed E-state index contributed by atoms with van der Waals surface area (Å²) in [4.78, 5) is 25.1. The molecule has 0 spiro atoms. The summed E-state index contributed by atoms with van der Waals surface area (Å²) in [5.41, 5.74) is 0.975. The van der Waals surface area contributed by atoms with Crippen molar-refractivity contribution in [1.29, 1.82) is 0 Å². The zero-order chi connectivity index (χ0) is 18.3. The maximum absolute atomic E-state index is 12.2. The number of ether oxygens (including phenoxy) is 2. The minimum Gasteiger partial charge on any atom is -0.449 e. The molecule has 0 radical (unpaired) electrons. The van der Waals surface area contributed by atoms with E-state index in [0.717, 1.165) is 11.2 Å². The predicted molar refractivity (Wildman–Crippen MR) is 90.8 cm³/mol. The average molecular weight is 358 g/mol. The van der Waals surface area contributed by atoms with Gasteiger partial charge in [0.1, 0.15) is 0 Å². The van der Waals surface area contributed by atoms with E-state index in [1.165, 1.54) is 12.1 Å². The molecular weight excluding hydrogens is 336 g/mol. The molecule has 24 heavy (non-hydrogen) atoms. The third kappa shape index (κ3) is 5.12. The van der Waals surface area contributed by atoms with E-state index in [9.17, 15) is 18.0 Å². The lowest BCUT2D eigenvalue weighted by molar-refractivity contribution is 0.140. The van der Waals surface area contributed by atoms with Crippen LogP contribution in [0.5, 0.6) is 0 Å². The standard InChI is InChI=1S/C15H22N2O6S/c1-5-11-12(16-24(4,20)21)9-8-10-13(11)17(14(18)22-6-2)15(19)23-7-3/h8-10,16H,5-7H2,1-4H3. The summed E-state index contributed by atoms with van der Waals surface area (Å²) in [6.07, 6.45) is -0.374. The normalized spacial score (nSPS) is 10.8. The van der Waals surface area contributed by atoms with Crippen LogP contribution in [-0.2, 0) is 25.9 Å². The Morgan fingerprint density at radius 2 is 1.62 bits per heavy atom. The van der Waals surface area contributed by atoms with Gasteiger partial charge in [0.05, 0.1) is 30.8 Å². The first-order valence-electron chi connectivity index (χ1n) is 7.48. The van der Waals surface area contributed by atoms with Gasteiger partial charge in [-0.2, -0.15) is 4.90 Å². The number of carbonyl (C=O) groups excluding carboxylic acids is 2. The number of nitrogens with one attached hydrogen (secondary N) is 1. The van der Waals surface area contributed by atoms with Crippen molar-refractivity contribution in [2.75, 3.05) is 29.1 Å². The number of sulfonamides is 1. The molecule has 0 saturated carbocycles. The smallest absolute Gasteiger partial charge is 0.424 e. The summed E-state index contributed by atoms with van der Waals surface area (Å²) < 4.78 is 35.2. The average Bonchev–Trinajstić information content (AvgIpc) is 2.46. The van der Waals surface area contributed by atoms with Crippen molar-refractivity contribution in [3.8, 4) is 0 Å². The van der Waals surface area contributed by atoms with Crippen molar-refractivity contribution in [3.63, 3.8) is 0 Å². The SMILES string of the molecule is CCOC(=O)N(C(=O)OCC)c1cccc(NS(C)(=O)=O)c1CC. The Hall–Kier alpha value is -2.29. The minimum atomic E-state index is -3.51. The second-order valence-electron chi connectivity index (χ2n) is 4.76.